The van der Waals surface area contributed by atoms with E-state index in [4.69, 9.17) is 0 Å². The van der Waals surface area contributed by atoms with Crippen LogP contribution in [0.1, 0.15) is 39.5 Å². The number of unbranched alkanes of at least 4 members (excludes halogenated alkanes) is 2. The van der Waals surface area contributed by atoms with Crippen LogP contribution in [0.5, 0.6) is 0 Å². The topological polar surface area (TPSA) is 24.4 Å². The minimum absolute atomic E-state index is 0.789. The summed E-state index contributed by atoms with van der Waals surface area (Å²) in [6.07, 6.45) is 4.75. The quantitative estimate of drug-likeness (QED) is 0.284. The molecule has 0 radical (unpaired) electrons. The van der Waals surface area contributed by atoms with Gasteiger partial charge in [-0.1, -0.05) is 26.7 Å². The number of thiol groups is 1. The van der Waals surface area contributed by atoms with Crippen molar-refractivity contribution in [2.75, 3.05) is 13.1 Å². The molecule has 1 N–H and O–H groups in total. The Morgan fingerprint density at radius 2 is 1.92 bits per heavy atom. The van der Waals surface area contributed by atoms with E-state index >= 15 is 0 Å². The Balaban J connectivity index is 3.29. The van der Waals surface area contributed by atoms with Crippen molar-refractivity contribution in [1.29, 1.82) is 0 Å². The van der Waals surface area contributed by atoms with Crippen molar-refractivity contribution in [1.82, 2.24) is 5.32 Å². The molecular weight excluding hydrogens is 168 g/mol. The molecule has 0 aliphatic rings. The van der Waals surface area contributed by atoms with Gasteiger partial charge in [0.05, 0.1) is 0 Å². The average Bonchev–Trinajstić information content (AvgIpc) is 2.06. The Morgan fingerprint density at radius 3 is 2.50 bits per heavy atom. The van der Waals surface area contributed by atoms with Gasteiger partial charge in [-0.15, -0.1) is 12.6 Å². The number of nitrogens with zero attached hydrogens (tertiary/aromatic N) is 1. The van der Waals surface area contributed by atoms with Gasteiger partial charge in [-0.25, -0.2) is 0 Å². The van der Waals surface area contributed by atoms with E-state index in [2.05, 4.69) is 36.8 Å². The van der Waals surface area contributed by atoms with Crippen molar-refractivity contribution < 1.29 is 0 Å². The highest BCUT2D eigenvalue weighted by Crippen LogP contribution is 1.90. The van der Waals surface area contributed by atoms with Gasteiger partial charge >= 0.3 is 0 Å². The third-order valence-corrected chi connectivity index (χ3v) is 1.89. The summed E-state index contributed by atoms with van der Waals surface area (Å²) < 4.78 is 0. The van der Waals surface area contributed by atoms with E-state index in [1.165, 1.54) is 19.3 Å². The van der Waals surface area contributed by atoms with E-state index in [1.807, 2.05) is 0 Å². The first kappa shape index (κ1) is 11.8. The molecule has 0 saturated heterocycles. The van der Waals surface area contributed by atoms with E-state index in [0.717, 1.165) is 24.7 Å². The second-order valence-corrected chi connectivity index (χ2v) is 3.26. The molecule has 0 heterocycles. The summed E-state index contributed by atoms with van der Waals surface area (Å²) in [4.78, 5) is 4.26. The van der Waals surface area contributed by atoms with Crippen molar-refractivity contribution in [2.45, 2.75) is 39.5 Å². The van der Waals surface area contributed by atoms with Gasteiger partial charge in [-0.05, 0) is 12.8 Å². The smallest absolute Gasteiger partial charge is 0.153 e. The molecule has 0 bridgehead atoms. The summed E-state index contributed by atoms with van der Waals surface area (Å²) in [5.41, 5.74) is 0. The van der Waals surface area contributed by atoms with Gasteiger partial charge in [-0.3, -0.25) is 4.99 Å². The van der Waals surface area contributed by atoms with Crippen LogP contribution in [0.4, 0.5) is 0 Å². The van der Waals surface area contributed by atoms with Crippen LogP contribution in [0.3, 0.4) is 0 Å². The van der Waals surface area contributed by atoms with E-state index in [1.54, 1.807) is 0 Å². The molecule has 0 amide bonds. The molecule has 0 fully saturated rings. The van der Waals surface area contributed by atoms with Crippen LogP contribution in [0.25, 0.3) is 0 Å². The summed E-state index contributed by atoms with van der Waals surface area (Å²) in [7, 11) is 0. The molecule has 2 nitrogen and oxygen atoms in total. The van der Waals surface area contributed by atoms with Crippen LogP contribution in [0.15, 0.2) is 4.99 Å². The zero-order chi connectivity index (χ0) is 9.23. The zero-order valence-electron chi connectivity index (χ0n) is 8.14. The minimum Gasteiger partial charge on any atom is -0.365 e. The maximum Gasteiger partial charge on any atom is 0.153 e. The summed E-state index contributed by atoms with van der Waals surface area (Å²) >= 11 is 4.21. The predicted octanol–water partition coefficient (Wildman–Crippen LogP) is 2.46. The second-order valence-electron chi connectivity index (χ2n) is 2.84. The minimum atomic E-state index is 0.789. The number of nitrogens with one attached hydrogen (secondary N) is 1. The molecule has 72 valence electrons. The molecule has 0 aliphatic heterocycles. The number of hydrogen-bond acceptors (Lipinski definition) is 1. The summed E-state index contributed by atoms with van der Waals surface area (Å²) in [5, 5.41) is 3.95. The highest BCUT2D eigenvalue weighted by Gasteiger charge is 1.88. The monoisotopic (exact) mass is 188 g/mol. The number of hydrogen-bond donors (Lipinski definition) is 2. The SMILES string of the molecule is CCCC/N=C(\S)NCCCC. The average molecular weight is 188 g/mol. The Bertz CT molecular complexity index is 124. The van der Waals surface area contributed by atoms with Crippen LogP contribution in [0.2, 0.25) is 0 Å². The van der Waals surface area contributed by atoms with Gasteiger partial charge in [0, 0.05) is 13.1 Å². The van der Waals surface area contributed by atoms with Crippen LogP contribution in [0, 0.1) is 0 Å². The highest BCUT2D eigenvalue weighted by molar-refractivity contribution is 7.96. The standard InChI is InChI=1S/C9H20N2S/c1-3-5-7-10-9(12)11-8-6-4-2/h3-8H2,1-2H3,(H2,10,11,12). The molecular formula is C9H20N2S. The molecule has 12 heavy (non-hydrogen) atoms. The number of rotatable bonds is 6. The van der Waals surface area contributed by atoms with Gasteiger partial charge in [0.25, 0.3) is 0 Å². The molecule has 3 heteroatoms. The normalized spacial score (nSPS) is 11.8. The van der Waals surface area contributed by atoms with Crippen molar-refractivity contribution in [3.8, 4) is 0 Å². The molecule has 0 aromatic carbocycles. The third-order valence-electron chi connectivity index (χ3n) is 1.59. The molecule has 0 aromatic heterocycles. The molecule has 0 unspecified atom stereocenters. The lowest BCUT2D eigenvalue weighted by Gasteiger charge is -2.02. The van der Waals surface area contributed by atoms with Crippen LogP contribution >= 0.6 is 12.6 Å². The molecule has 0 rings (SSSR count). The molecule has 0 aliphatic carbocycles. The highest BCUT2D eigenvalue weighted by atomic mass is 32.1. The molecule has 0 saturated carbocycles. The van der Waals surface area contributed by atoms with E-state index in [0.29, 0.717) is 0 Å². The van der Waals surface area contributed by atoms with E-state index in [-0.39, 0.29) is 0 Å². The van der Waals surface area contributed by atoms with Gasteiger partial charge in [-0.2, -0.15) is 0 Å². The number of aliphatic imine (C=N–C) groups is 1. The van der Waals surface area contributed by atoms with E-state index < -0.39 is 0 Å². The van der Waals surface area contributed by atoms with Crippen molar-refractivity contribution in [3.05, 3.63) is 0 Å². The fourth-order valence-electron chi connectivity index (χ4n) is 0.776. The van der Waals surface area contributed by atoms with Crippen LogP contribution < -0.4 is 5.32 Å². The lowest BCUT2D eigenvalue weighted by molar-refractivity contribution is 0.751. The Kier molecular flexibility index (Phi) is 8.78. The lowest BCUT2D eigenvalue weighted by Crippen LogP contribution is -2.19. The Hall–Kier alpha value is -0.180. The predicted molar refractivity (Wildman–Crippen MR) is 59.1 cm³/mol. The number of amidine groups is 1. The zero-order valence-corrected chi connectivity index (χ0v) is 9.03. The van der Waals surface area contributed by atoms with E-state index in [9.17, 15) is 0 Å². The third kappa shape index (κ3) is 7.92. The van der Waals surface area contributed by atoms with Crippen molar-refractivity contribution in [3.63, 3.8) is 0 Å². The fourth-order valence-corrected chi connectivity index (χ4v) is 0.988. The van der Waals surface area contributed by atoms with Crippen molar-refractivity contribution >= 4 is 17.8 Å². The van der Waals surface area contributed by atoms with Gasteiger partial charge in [0.15, 0.2) is 5.17 Å². The second kappa shape index (κ2) is 8.91. The molecule has 0 aromatic rings. The Morgan fingerprint density at radius 1 is 1.25 bits per heavy atom. The maximum absolute atomic E-state index is 4.26. The first-order chi connectivity index (χ1) is 5.81. The summed E-state index contributed by atoms with van der Waals surface area (Å²) in [6, 6.07) is 0. The lowest BCUT2D eigenvalue weighted by atomic mass is 10.3. The van der Waals surface area contributed by atoms with Gasteiger partial charge in [0.1, 0.15) is 0 Å². The van der Waals surface area contributed by atoms with Crippen molar-refractivity contribution in [2.24, 2.45) is 4.99 Å². The molecule has 0 spiro atoms. The van der Waals surface area contributed by atoms with Gasteiger partial charge < -0.3 is 5.32 Å². The Labute approximate surface area is 81.3 Å². The first-order valence-electron chi connectivity index (χ1n) is 4.78. The molecule has 0 atom stereocenters. The maximum atomic E-state index is 4.26. The summed E-state index contributed by atoms with van der Waals surface area (Å²) in [6.45, 7) is 6.23. The van der Waals surface area contributed by atoms with Gasteiger partial charge in [0.2, 0.25) is 0 Å². The van der Waals surface area contributed by atoms with Crippen LogP contribution in [-0.2, 0) is 0 Å². The summed E-state index contributed by atoms with van der Waals surface area (Å²) in [5.74, 6) is 0. The largest absolute Gasteiger partial charge is 0.365 e. The van der Waals surface area contributed by atoms with Crippen LogP contribution in [-0.4, -0.2) is 18.3 Å². The fraction of sp³-hybridized carbons (Fsp3) is 0.889. The first-order valence-corrected chi connectivity index (χ1v) is 5.23.